The fraction of sp³-hybridized carbons (Fsp3) is 0.346. The topological polar surface area (TPSA) is 64.0 Å². The van der Waals surface area contributed by atoms with E-state index in [-0.39, 0.29) is 17.2 Å². The van der Waals surface area contributed by atoms with Gasteiger partial charge >= 0.3 is 0 Å². The van der Waals surface area contributed by atoms with Crippen molar-refractivity contribution in [3.63, 3.8) is 0 Å². The minimum Gasteiger partial charge on any atom is -0.355 e. The van der Waals surface area contributed by atoms with Crippen LogP contribution in [0, 0.1) is 13.8 Å². The van der Waals surface area contributed by atoms with Crippen LogP contribution in [0.25, 0.3) is 16.6 Å². The van der Waals surface area contributed by atoms with Crippen molar-refractivity contribution in [3.05, 3.63) is 75.6 Å². The summed E-state index contributed by atoms with van der Waals surface area (Å²) in [7, 11) is 0. The standard InChI is InChI=1S/C26H29N3O2S/c1-18-12-13-21(16-19(18)2)29-25(31)22-10-6-7-11-23(22)28-26(29)32-17-24(30)27-15-14-20-8-4-3-5-9-20/h6-8,10-13,16H,3-5,9,14-15,17H2,1-2H3,(H,27,30). The minimum absolute atomic E-state index is 0.0412. The van der Waals surface area contributed by atoms with Gasteiger partial charge in [-0.1, -0.05) is 41.6 Å². The number of rotatable bonds is 7. The summed E-state index contributed by atoms with van der Waals surface area (Å²) in [5.41, 5.74) is 5.01. The molecule has 0 fully saturated rings. The van der Waals surface area contributed by atoms with Gasteiger partial charge < -0.3 is 5.32 Å². The second-order valence-corrected chi connectivity index (χ2v) is 9.26. The molecule has 1 N–H and O–H groups in total. The van der Waals surface area contributed by atoms with Gasteiger partial charge in [0.05, 0.1) is 22.3 Å². The Kier molecular flexibility index (Phi) is 7.10. The summed E-state index contributed by atoms with van der Waals surface area (Å²) in [5, 5.41) is 4.11. The van der Waals surface area contributed by atoms with Crippen molar-refractivity contribution >= 4 is 28.6 Å². The largest absolute Gasteiger partial charge is 0.355 e. The van der Waals surface area contributed by atoms with Gasteiger partial charge in [0.25, 0.3) is 5.56 Å². The zero-order valence-electron chi connectivity index (χ0n) is 18.7. The van der Waals surface area contributed by atoms with Crippen LogP contribution in [0.1, 0.15) is 43.2 Å². The summed E-state index contributed by atoms with van der Waals surface area (Å²) in [6.07, 6.45) is 8.05. The van der Waals surface area contributed by atoms with Crippen LogP contribution in [0.3, 0.4) is 0 Å². The molecule has 1 aliphatic carbocycles. The summed E-state index contributed by atoms with van der Waals surface area (Å²) in [6, 6.07) is 13.3. The van der Waals surface area contributed by atoms with E-state index >= 15 is 0 Å². The smallest absolute Gasteiger partial charge is 0.266 e. The monoisotopic (exact) mass is 447 g/mol. The fourth-order valence-electron chi connectivity index (χ4n) is 3.98. The van der Waals surface area contributed by atoms with Crippen molar-refractivity contribution < 1.29 is 4.79 Å². The number of carbonyl (C=O) groups excluding carboxylic acids is 1. The Morgan fingerprint density at radius 3 is 2.75 bits per heavy atom. The number of benzene rings is 2. The zero-order valence-corrected chi connectivity index (χ0v) is 19.5. The highest BCUT2D eigenvalue weighted by Gasteiger charge is 2.15. The van der Waals surface area contributed by atoms with E-state index in [4.69, 9.17) is 4.98 Å². The Morgan fingerprint density at radius 1 is 1.12 bits per heavy atom. The quantitative estimate of drug-likeness (QED) is 0.311. The maximum absolute atomic E-state index is 13.3. The molecule has 0 aliphatic heterocycles. The summed E-state index contributed by atoms with van der Waals surface area (Å²) >= 11 is 1.30. The zero-order chi connectivity index (χ0) is 22.5. The van der Waals surface area contributed by atoms with Crippen LogP contribution in [-0.4, -0.2) is 27.8 Å². The first-order valence-corrected chi connectivity index (χ1v) is 12.2. The Balaban J connectivity index is 1.54. The molecule has 0 atom stereocenters. The molecule has 1 aliphatic rings. The molecule has 0 saturated heterocycles. The van der Waals surface area contributed by atoms with Crippen LogP contribution in [0.2, 0.25) is 0 Å². The Morgan fingerprint density at radius 2 is 1.97 bits per heavy atom. The van der Waals surface area contributed by atoms with E-state index in [1.807, 2.05) is 50.2 Å². The Bertz CT molecular complexity index is 1230. The summed E-state index contributed by atoms with van der Waals surface area (Å²) in [4.78, 5) is 30.6. The van der Waals surface area contributed by atoms with E-state index < -0.39 is 0 Å². The lowest BCUT2D eigenvalue weighted by Gasteiger charge is -2.15. The lowest BCUT2D eigenvalue weighted by Crippen LogP contribution is -2.27. The molecule has 5 nitrogen and oxygen atoms in total. The molecular weight excluding hydrogens is 418 g/mol. The van der Waals surface area contributed by atoms with Gasteiger partial charge in [-0.15, -0.1) is 0 Å². The SMILES string of the molecule is Cc1ccc(-n2c(SCC(=O)NCCC3=CCCCC3)nc3ccccc3c2=O)cc1C. The average Bonchev–Trinajstić information content (AvgIpc) is 2.80. The van der Waals surface area contributed by atoms with Gasteiger partial charge in [-0.25, -0.2) is 4.98 Å². The lowest BCUT2D eigenvalue weighted by molar-refractivity contribution is -0.118. The van der Waals surface area contributed by atoms with Crippen molar-refractivity contribution in [2.75, 3.05) is 12.3 Å². The minimum atomic E-state index is -0.119. The lowest BCUT2D eigenvalue weighted by atomic mass is 9.97. The average molecular weight is 448 g/mol. The highest BCUT2D eigenvalue weighted by atomic mass is 32.2. The number of amides is 1. The Labute approximate surface area is 192 Å². The molecule has 32 heavy (non-hydrogen) atoms. The first kappa shape index (κ1) is 22.3. The predicted molar refractivity (Wildman–Crippen MR) is 132 cm³/mol. The van der Waals surface area contributed by atoms with Crippen LogP contribution >= 0.6 is 11.8 Å². The molecule has 1 amide bonds. The molecule has 4 rings (SSSR count). The number of aryl methyl sites for hydroxylation is 2. The van der Waals surface area contributed by atoms with E-state index in [0.29, 0.717) is 22.6 Å². The molecule has 0 saturated carbocycles. The molecule has 1 aromatic heterocycles. The normalized spacial score (nSPS) is 13.8. The van der Waals surface area contributed by atoms with Crippen molar-refractivity contribution in [1.29, 1.82) is 0 Å². The van der Waals surface area contributed by atoms with Crippen LogP contribution in [0.15, 0.2) is 64.1 Å². The van der Waals surface area contributed by atoms with Crippen molar-refractivity contribution in [1.82, 2.24) is 14.9 Å². The molecule has 1 heterocycles. The first-order chi connectivity index (χ1) is 15.5. The third-order valence-corrected chi connectivity index (χ3v) is 6.92. The third kappa shape index (κ3) is 5.13. The number of fused-ring (bicyclic) bond motifs is 1. The maximum Gasteiger partial charge on any atom is 0.266 e. The van der Waals surface area contributed by atoms with E-state index in [0.717, 1.165) is 36.1 Å². The molecule has 2 aromatic carbocycles. The molecule has 0 bridgehead atoms. The molecule has 0 spiro atoms. The molecular formula is C26H29N3O2S. The van der Waals surface area contributed by atoms with Gasteiger partial charge in [0.1, 0.15) is 0 Å². The molecule has 166 valence electrons. The first-order valence-electron chi connectivity index (χ1n) is 11.2. The molecule has 6 heteroatoms. The van der Waals surface area contributed by atoms with Crippen molar-refractivity contribution in [2.24, 2.45) is 0 Å². The highest BCUT2D eigenvalue weighted by molar-refractivity contribution is 7.99. The number of aromatic nitrogens is 2. The van der Waals surface area contributed by atoms with Gasteiger partial charge in [0, 0.05) is 6.54 Å². The summed E-state index contributed by atoms with van der Waals surface area (Å²) < 4.78 is 1.62. The van der Waals surface area contributed by atoms with Crippen molar-refractivity contribution in [2.45, 2.75) is 51.1 Å². The number of para-hydroxylation sites is 1. The van der Waals surface area contributed by atoms with Crippen molar-refractivity contribution in [3.8, 4) is 5.69 Å². The molecule has 0 unspecified atom stereocenters. The van der Waals surface area contributed by atoms with Crippen LogP contribution in [0.5, 0.6) is 0 Å². The van der Waals surface area contributed by atoms with Gasteiger partial charge in [-0.2, -0.15) is 0 Å². The maximum atomic E-state index is 13.3. The second kappa shape index (κ2) is 10.2. The van der Waals surface area contributed by atoms with Gasteiger partial charge in [0.15, 0.2) is 5.16 Å². The second-order valence-electron chi connectivity index (χ2n) is 8.32. The van der Waals surface area contributed by atoms with E-state index in [1.165, 1.54) is 30.2 Å². The predicted octanol–water partition coefficient (Wildman–Crippen LogP) is 5.10. The number of hydrogen-bond acceptors (Lipinski definition) is 4. The molecule has 3 aromatic rings. The van der Waals surface area contributed by atoms with E-state index in [2.05, 4.69) is 11.4 Å². The fourth-order valence-corrected chi connectivity index (χ4v) is 4.82. The number of nitrogens with zero attached hydrogens (tertiary/aromatic N) is 2. The van der Waals surface area contributed by atoms with E-state index in [1.54, 1.807) is 10.6 Å². The van der Waals surface area contributed by atoms with Gasteiger partial charge in [0.2, 0.25) is 5.91 Å². The number of hydrogen-bond donors (Lipinski definition) is 1. The van der Waals surface area contributed by atoms with Gasteiger partial charge in [-0.3, -0.25) is 14.2 Å². The number of allylic oxidation sites excluding steroid dienone is 1. The van der Waals surface area contributed by atoms with Crippen LogP contribution < -0.4 is 10.9 Å². The third-order valence-electron chi connectivity index (χ3n) is 5.98. The van der Waals surface area contributed by atoms with Crippen LogP contribution in [-0.2, 0) is 4.79 Å². The number of thioether (sulfide) groups is 1. The highest BCUT2D eigenvalue weighted by Crippen LogP contribution is 2.23. The summed E-state index contributed by atoms with van der Waals surface area (Å²) in [6.45, 7) is 4.73. The number of carbonyl (C=O) groups is 1. The van der Waals surface area contributed by atoms with E-state index in [9.17, 15) is 9.59 Å². The molecule has 0 radical (unpaired) electrons. The summed E-state index contributed by atoms with van der Waals surface area (Å²) in [5.74, 6) is 0.176. The van der Waals surface area contributed by atoms with Gasteiger partial charge in [-0.05, 0) is 81.3 Å². The van der Waals surface area contributed by atoms with Crippen LogP contribution in [0.4, 0.5) is 0 Å². The number of nitrogens with one attached hydrogen (secondary N) is 1. The Hall–Kier alpha value is -2.86.